The molecule has 2 aromatic rings. The van der Waals surface area contributed by atoms with Gasteiger partial charge in [-0.1, -0.05) is 13.3 Å². The lowest BCUT2D eigenvalue weighted by Crippen LogP contribution is -2.32. The Balaban J connectivity index is 2.06. The Hall–Kier alpha value is -3.52. The third kappa shape index (κ3) is 5.99. The van der Waals surface area contributed by atoms with Gasteiger partial charge >= 0.3 is 0 Å². The molecule has 0 radical (unpaired) electrons. The fraction of sp³-hybridized carbons (Fsp3) is 0.429. The van der Waals surface area contributed by atoms with Gasteiger partial charge in [0, 0.05) is 23.7 Å². The summed E-state index contributed by atoms with van der Waals surface area (Å²) in [5.41, 5.74) is 1.07. The first-order valence-corrected chi connectivity index (χ1v) is 12.2. The summed E-state index contributed by atoms with van der Waals surface area (Å²) in [7, 11) is 6.98. The number of hydrogen-bond donors (Lipinski definition) is 1. The van der Waals surface area contributed by atoms with Gasteiger partial charge in [-0.05, 0) is 69.9 Å². The van der Waals surface area contributed by atoms with Crippen LogP contribution >= 0.6 is 0 Å². The van der Waals surface area contributed by atoms with Crippen molar-refractivity contribution in [1.82, 2.24) is 9.80 Å². The van der Waals surface area contributed by atoms with Crippen LogP contribution in [0.2, 0.25) is 0 Å². The minimum absolute atomic E-state index is 0.0352. The molecule has 1 N–H and O–H groups in total. The molecule has 8 nitrogen and oxygen atoms in total. The van der Waals surface area contributed by atoms with Crippen LogP contribution in [0.1, 0.15) is 43.4 Å². The van der Waals surface area contributed by atoms with E-state index in [1.165, 1.54) is 12.0 Å². The maximum Gasteiger partial charge on any atom is 0.295 e. The average Bonchev–Trinajstić information content (AvgIpc) is 3.13. The van der Waals surface area contributed by atoms with Crippen molar-refractivity contribution in [2.24, 2.45) is 0 Å². The van der Waals surface area contributed by atoms with E-state index in [0.717, 1.165) is 19.4 Å². The normalized spacial score (nSPS) is 17.1. The van der Waals surface area contributed by atoms with E-state index >= 15 is 0 Å². The molecule has 1 saturated heterocycles. The molecule has 1 atom stereocenters. The number of unbranched alkanes of at least 4 members (excludes halogenated alkanes) is 1. The van der Waals surface area contributed by atoms with E-state index in [1.807, 2.05) is 19.0 Å². The first-order chi connectivity index (χ1) is 17.3. The Morgan fingerprint density at radius 1 is 1.00 bits per heavy atom. The van der Waals surface area contributed by atoms with Crippen molar-refractivity contribution < 1.29 is 28.9 Å². The van der Waals surface area contributed by atoms with Crippen LogP contribution in [-0.2, 0) is 9.59 Å². The monoisotopic (exact) mass is 496 g/mol. The van der Waals surface area contributed by atoms with E-state index in [0.29, 0.717) is 47.9 Å². The second-order valence-electron chi connectivity index (χ2n) is 8.98. The maximum absolute atomic E-state index is 13.3. The lowest BCUT2D eigenvalue weighted by Gasteiger charge is -2.27. The number of aliphatic hydroxyl groups excluding tert-OH is 1. The molecule has 0 saturated carbocycles. The van der Waals surface area contributed by atoms with Crippen molar-refractivity contribution in [1.29, 1.82) is 0 Å². The van der Waals surface area contributed by atoms with Crippen LogP contribution in [0.4, 0.5) is 0 Å². The summed E-state index contributed by atoms with van der Waals surface area (Å²) in [6.45, 7) is 3.80. The van der Waals surface area contributed by atoms with Gasteiger partial charge in [-0.2, -0.15) is 0 Å². The standard InChI is InChI=1S/C28H36N2O6/c1-6-7-17-36-20-11-9-19(10-12-20)26(31)24-25(22-14-13-21(34-4)18-23(22)35-5)30(28(33)27(24)32)16-8-15-29(2)3/h9-14,18,25,31H,6-8,15-17H2,1-5H3. The zero-order valence-electron chi connectivity index (χ0n) is 21.7. The molecule has 194 valence electrons. The Labute approximate surface area is 213 Å². The molecule has 1 aliphatic heterocycles. The van der Waals surface area contributed by atoms with Crippen molar-refractivity contribution in [3.63, 3.8) is 0 Å². The summed E-state index contributed by atoms with van der Waals surface area (Å²) in [4.78, 5) is 30.0. The second kappa shape index (κ2) is 12.4. The number of likely N-dealkylation sites (tertiary alicyclic amines) is 1. The number of hydrogen-bond acceptors (Lipinski definition) is 7. The number of amides is 1. The van der Waals surface area contributed by atoms with E-state index in [2.05, 4.69) is 6.92 Å². The molecule has 0 bridgehead atoms. The molecular formula is C28H36N2O6. The number of ketones is 1. The van der Waals surface area contributed by atoms with E-state index < -0.39 is 17.7 Å². The quantitative estimate of drug-likeness (QED) is 0.203. The first-order valence-electron chi connectivity index (χ1n) is 12.2. The molecule has 1 aliphatic rings. The zero-order valence-corrected chi connectivity index (χ0v) is 21.7. The number of nitrogens with zero attached hydrogens (tertiary/aromatic N) is 2. The van der Waals surface area contributed by atoms with Gasteiger partial charge in [-0.3, -0.25) is 9.59 Å². The minimum atomic E-state index is -0.798. The number of aliphatic hydroxyl groups is 1. The largest absolute Gasteiger partial charge is 0.507 e. The van der Waals surface area contributed by atoms with Crippen molar-refractivity contribution in [3.8, 4) is 17.2 Å². The van der Waals surface area contributed by atoms with Crippen molar-refractivity contribution >= 4 is 17.4 Å². The highest BCUT2D eigenvalue weighted by Crippen LogP contribution is 2.43. The molecular weight excluding hydrogens is 460 g/mol. The highest BCUT2D eigenvalue weighted by atomic mass is 16.5. The number of benzene rings is 2. The predicted molar refractivity (Wildman–Crippen MR) is 139 cm³/mol. The summed E-state index contributed by atoms with van der Waals surface area (Å²) in [5, 5.41) is 11.3. The fourth-order valence-corrected chi connectivity index (χ4v) is 4.23. The molecule has 0 spiro atoms. The fourth-order valence-electron chi connectivity index (χ4n) is 4.23. The summed E-state index contributed by atoms with van der Waals surface area (Å²) >= 11 is 0. The van der Waals surface area contributed by atoms with Gasteiger partial charge in [-0.25, -0.2) is 0 Å². The molecule has 2 aromatic carbocycles. The summed E-state index contributed by atoms with van der Waals surface area (Å²) < 4.78 is 16.6. The Kier molecular flexibility index (Phi) is 9.36. The van der Waals surface area contributed by atoms with Crippen LogP contribution in [0.25, 0.3) is 5.76 Å². The van der Waals surface area contributed by atoms with Crippen molar-refractivity contribution in [3.05, 3.63) is 59.2 Å². The van der Waals surface area contributed by atoms with Gasteiger partial charge in [0.2, 0.25) is 0 Å². The van der Waals surface area contributed by atoms with Crippen LogP contribution < -0.4 is 14.2 Å². The third-order valence-corrected chi connectivity index (χ3v) is 6.17. The summed E-state index contributed by atoms with van der Waals surface area (Å²) in [6, 6.07) is 11.3. The number of carbonyl (C=O) groups is 2. The van der Waals surface area contributed by atoms with Crippen LogP contribution in [0, 0.1) is 0 Å². The molecule has 0 aliphatic carbocycles. The van der Waals surface area contributed by atoms with Gasteiger partial charge in [0.1, 0.15) is 23.0 Å². The van der Waals surface area contributed by atoms with Gasteiger partial charge in [-0.15, -0.1) is 0 Å². The third-order valence-electron chi connectivity index (χ3n) is 6.17. The number of ether oxygens (including phenoxy) is 3. The molecule has 1 unspecified atom stereocenters. The highest BCUT2D eigenvalue weighted by Gasteiger charge is 2.46. The summed E-state index contributed by atoms with van der Waals surface area (Å²) in [5.74, 6) is 0.133. The Bertz CT molecular complexity index is 1090. The Morgan fingerprint density at radius 3 is 2.31 bits per heavy atom. The van der Waals surface area contributed by atoms with Gasteiger partial charge < -0.3 is 29.1 Å². The van der Waals surface area contributed by atoms with Gasteiger partial charge in [0.15, 0.2) is 0 Å². The molecule has 3 rings (SSSR count). The van der Waals surface area contributed by atoms with Crippen LogP contribution in [0.15, 0.2) is 48.0 Å². The SMILES string of the molecule is CCCCOc1ccc(C(O)=C2C(=O)C(=O)N(CCCN(C)C)C2c2ccc(OC)cc2OC)cc1. The van der Waals surface area contributed by atoms with Crippen molar-refractivity contribution in [2.75, 3.05) is 48.0 Å². The Morgan fingerprint density at radius 2 is 1.69 bits per heavy atom. The predicted octanol–water partition coefficient (Wildman–Crippen LogP) is 4.26. The van der Waals surface area contributed by atoms with Crippen LogP contribution in [0.5, 0.6) is 17.2 Å². The second-order valence-corrected chi connectivity index (χ2v) is 8.98. The number of methoxy groups -OCH3 is 2. The van der Waals surface area contributed by atoms with E-state index in [1.54, 1.807) is 49.6 Å². The number of Topliss-reactive ketones (excluding diaryl/α,β-unsaturated/α-hetero) is 1. The molecule has 1 amide bonds. The molecule has 1 heterocycles. The van der Waals surface area contributed by atoms with Crippen LogP contribution in [-0.4, -0.2) is 74.6 Å². The molecule has 36 heavy (non-hydrogen) atoms. The smallest absolute Gasteiger partial charge is 0.295 e. The number of carbonyl (C=O) groups excluding carboxylic acids is 2. The number of rotatable bonds is 12. The highest BCUT2D eigenvalue weighted by molar-refractivity contribution is 6.46. The van der Waals surface area contributed by atoms with Gasteiger partial charge in [0.25, 0.3) is 11.7 Å². The average molecular weight is 497 g/mol. The van der Waals surface area contributed by atoms with E-state index in [-0.39, 0.29) is 11.3 Å². The minimum Gasteiger partial charge on any atom is -0.507 e. The van der Waals surface area contributed by atoms with E-state index in [4.69, 9.17) is 14.2 Å². The van der Waals surface area contributed by atoms with Crippen LogP contribution in [0.3, 0.4) is 0 Å². The maximum atomic E-state index is 13.3. The lowest BCUT2D eigenvalue weighted by molar-refractivity contribution is -0.140. The zero-order chi connectivity index (χ0) is 26.2. The topological polar surface area (TPSA) is 88.5 Å². The molecule has 0 aromatic heterocycles. The van der Waals surface area contributed by atoms with Crippen molar-refractivity contribution in [2.45, 2.75) is 32.2 Å². The van der Waals surface area contributed by atoms with Gasteiger partial charge in [0.05, 0.1) is 32.4 Å². The van der Waals surface area contributed by atoms with E-state index in [9.17, 15) is 14.7 Å². The first kappa shape index (κ1) is 27.1. The molecule has 1 fully saturated rings. The summed E-state index contributed by atoms with van der Waals surface area (Å²) in [6.07, 6.45) is 2.64. The lowest BCUT2D eigenvalue weighted by atomic mass is 9.94. The molecule has 8 heteroatoms.